The molecule has 1 saturated heterocycles. The standard InChI is InChI=1S/C20H33N3O2/c1-16-6-5-13-23(14-16)20(2,3)15-22-19(25)21-12-4-7-17-8-10-18(24)11-9-17/h8-11,16,24H,4-7,12-15H2,1-3H3,(H2,21,22,25). The summed E-state index contributed by atoms with van der Waals surface area (Å²) in [5, 5.41) is 15.2. The van der Waals surface area contributed by atoms with Gasteiger partial charge in [0.2, 0.25) is 0 Å². The first kappa shape index (κ1) is 19.6. The van der Waals surface area contributed by atoms with Crippen molar-refractivity contribution in [3.63, 3.8) is 0 Å². The molecule has 1 aromatic rings. The maximum absolute atomic E-state index is 12.0. The number of piperidine rings is 1. The molecule has 0 spiro atoms. The van der Waals surface area contributed by atoms with Crippen molar-refractivity contribution < 1.29 is 9.90 Å². The van der Waals surface area contributed by atoms with E-state index in [2.05, 4.69) is 36.3 Å². The second-order valence-corrected chi connectivity index (χ2v) is 7.89. The average Bonchev–Trinajstić information content (AvgIpc) is 2.58. The molecule has 1 heterocycles. The van der Waals surface area contributed by atoms with Crippen molar-refractivity contribution in [1.29, 1.82) is 0 Å². The molecule has 5 nitrogen and oxygen atoms in total. The Kier molecular flexibility index (Phi) is 7.12. The zero-order valence-corrected chi connectivity index (χ0v) is 15.8. The molecule has 2 rings (SSSR count). The Hall–Kier alpha value is -1.75. The number of amides is 2. The lowest BCUT2D eigenvalue weighted by Gasteiger charge is -2.43. The smallest absolute Gasteiger partial charge is 0.314 e. The van der Waals surface area contributed by atoms with Crippen LogP contribution in [0, 0.1) is 5.92 Å². The second-order valence-electron chi connectivity index (χ2n) is 7.89. The van der Waals surface area contributed by atoms with Gasteiger partial charge in [-0.25, -0.2) is 4.79 Å². The highest BCUT2D eigenvalue weighted by atomic mass is 16.3. The number of nitrogens with zero attached hydrogens (tertiary/aromatic N) is 1. The molecule has 0 bridgehead atoms. The first-order valence-electron chi connectivity index (χ1n) is 9.41. The molecule has 2 amide bonds. The minimum absolute atomic E-state index is 0.0158. The molecule has 1 aliphatic heterocycles. The van der Waals surface area contributed by atoms with Gasteiger partial charge in [-0.05, 0) is 69.7 Å². The van der Waals surface area contributed by atoms with Crippen LogP contribution in [0.2, 0.25) is 0 Å². The normalized spacial score (nSPS) is 18.8. The molecular weight excluding hydrogens is 314 g/mol. The van der Waals surface area contributed by atoms with Gasteiger partial charge in [0.25, 0.3) is 0 Å². The van der Waals surface area contributed by atoms with Crippen LogP contribution in [-0.2, 0) is 6.42 Å². The van der Waals surface area contributed by atoms with Gasteiger partial charge in [-0.15, -0.1) is 0 Å². The summed E-state index contributed by atoms with van der Waals surface area (Å²) < 4.78 is 0. The Morgan fingerprint density at radius 2 is 2.00 bits per heavy atom. The topological polar surface area (TPSA) is 64.6 Å². The average molecular weight is 348 g/mol. The van der Waals surface area contributed by atoms with Crippen molar-refractivity contribution in [2.24, 2.45) is 5.92 Å². The van der Waals surface area contributed by atoms with Gasteiger partial charge < -0.3 is 15.7 Å². The molecule has 140 valence electrons. The third-order valence-electron chi connectivity index (χ3n) is 5.06. The van der Waals surface area contributed by atoms with Crippen molar-refractivity contribution in [3.8, 4) is 5.75 Å². The Balaban J connectivity index is 1.63. The largest absolute Gasteiger partial charge is 0.508 e. The van der Waals surface area contributed by atoms with Crippen LogP contribution in [-0.4, -0.2) is 47.8 Å². The van der Waals surface area contributed by atoms with Crippen molar-refractivity contribution in [2.75, 3.05) is 26.2 Å². The molecule has 5 heteroatoms. The van der Waals surface area contributed by atoms with E-state index in [1.54, 1.807) is 12.1 Å². The Labute approximate surface area is 151 Å². The molecule has 1 atom stereocenters. The van der Waals surface area contributed by atoms with E-state index in [-0.39, 0.29) is 17.3 Å². The summed E-state index contributed by atoms with van der Waals surface area (Å²) >= 11 is 0. The summed E-state index contributed by atoms with van der Waals surface area (Å²) in [6.07, 6.45) is 4.32. The number of rotatable bonds is 7. The van der Waals surface area contributed by atoms with Crippen molar-refractivity contribution in [3.05, 3.63) is 29.8 Å². The molecule has 3 N–H and O–H groups in total. The van der Waals surface area contributed by atoms with Gasteiger partial charge in [-0.1, -0.05) is 19.1 Å². The summed E-state index contributed by atoms with van der Waals surface area (Å²) in [5.74, 6) is 1.02. The van der Waals surface area contributed by atoms with Gasteiger partial charge in [0.05, 0.1) is 0 Å². The van der Waals surface area contributed by atoms with Crippen LogP contribution in [0.4, 0.5) is 4.79 Å². The van der Waals surface area contributed by atoms with Crippen LogP contribution in [0.25, 0.3) is 0 Å². The number of phenolic OH excluding ortho intramolecular Hbond substituents is 1. The van der Waals surface area contributed by atoms with Crippen LogP contribution < -0.4 is 10.6 Å². The maximum Gasteiger partial charge on any atom is 0.314 e. The molecule has 25 heavy (non-hydrogen) atoms. The van der Waals surface area contributed by atoms with Crippen molar-refractivity contribution in [2.45, 2.75) is 52.0 Å². The quantitative estimate of drug-likeness (QED) is 0.664. The van der Waals surface area contributed by atoms with Gasteiger partial charge in [-0.2, -0.15) is 0 Å². The van der Waals surface area contributed by atoms with E-state index >= 15 is 0 Å². The highest BCUT2D eigenvalue weighted by molar-refractivity contribution is 5.73. The molecule has 0 aliphatic carbocycles. The summed E-state index contributed by atoms with van der Waals surface area (Å²) in [5.41, 5.74) is 1.15. The lowest BCUT2D eigenvalue weighted by Crippen LogP contribution is -2.55. The van der Waals surface area contributed by atoms with Crippen molar-refractivity contribution in [1.82, 2.24) is 15.5 Å². The third kappa shape index (κ3) is 6.58. The summed E-state index contributed by atoms with van der Waals surface area (Å²) in [6.45, 7) is 10.2. The molecule has 1 fully saturated rings. The van der Waals surface area contributed by atoms with E-state index in [0.29, 0.717) is 13.1 Å². The number of likely N-dealkylation sites (tertiary alicyclic amines) is 1. The fourth-order valence-electron chi connectivity index (χ4n) is 3.37. The number of nitrogens with one attached hydrogen (secondary N) is 2. The van der Waals surface area contributed by atoms with Crippen LogP contribution in [0.3, 0.4) is 0 Å². The monoisotopic (exact) mass is 347 g/mol. The summed E-state index contributed by atoms with van der Waals surface area (Å²) in [4.78, 5) is 14.5. The van der Waals surface area contributed by atoms with Crippen LogP contribution in [0.5, 0.6) is 5.75 Å². The maximum atomic E-state index is 12.0. The molecular formula is C20H33N3O2. The van der Waals surface area contributed by atoms with Gasteiger partial charge in [0.1, 0.15) is 5.75 Å². The number of carbonyl (C=O) groups is 1. The van der Waals surface area contributed by atoms with E-state index in [0.717, 1.165) is 31.8 Å². The Morgan fingerprint density at radius 1 is 1.28 bits per heavy atom. The molecule has 1 aliphatic rings. The first-order valence-corrected chi connectivity index (χ1v) is 9.41. The number of carbonyl (C=O) groups excluding carboxylic acids is 1. The predicted molar refractivity (Wildman–Crippen MR) is 102 cm³/mol. The van der Waals surface area contributed by atoms with Crippen LogP contribution >= 0.6 is 0 Å². The molecule has 0 radical (unpaired) electrons. The van der Waals surface area contributed by atoms with Crippen molar-refractivity contribution >= 4 is 6.03 Å². The van der Waals surface area contributed by atoms with E-state index in [4.69, 9.17) is 0 Å². The highest BCUT2D eigenvalue weighted by Crippen LogP contribution is 2.23. The Bertz CT molecular complexity index is 542. The SMILES string of the molecule is CC1CCCN(C(C)(C)CNC(=O)NCCCc2ccc(O)cc2)C1. The number of hydrogen-bond donors (Lipinski definition) is 3. The number of urea groups is 1. The van der Waals surface area contributed by atoms with Gasteiger partial charge in [0.15, 0.2) is 0 Å². The second kappa shape index (κ2) is 9.09. The minimum atomic E-state index is -0.0937. The third-order valence-corrected chi connectivity index (χ3v) is 5.06. The van der Waals surface area contributed by atoms with Crippen LogP contribution in [0.1, 0.15) is 45.6 Å². The van der Waals surface area contributed by atoms with E-state index in [1.165, 1.54) is 18.4 Å². The fraction of sp³-hybridized carbons (Fsp3) is 0.650. The molecule has 1 unspecified atom stereocenters. The summed E-state index contributed by atoms with van der Waals surface area (Å²) in [7, 11) is 0. The van der Waals surface area contributed by atoms with E-state index in [9.17, 15) is 9.90 Å². The van der Waals surface area contributed by atoms with Crippen LogP contribution in [0.15, 0.2) is 24.3 Å². The molecule has 1 aromatic carbocycles. The minimum Gasteiger partial charge on any atom is -0.508 e. The zero-order valence-electron chi connectivity index (χ0n) is 15.8. The van der Waals surface area contributed by atoms with Gasteiger partial charge in [0, 0.05) is 25.2 Å². The highest BCUT2D eigenvalue weighted by Gasteiger charge is 2.30. The number of phenols is 1. The first-order chi connectivity index (χ1) is 11.9. The molecule has 0 aromatic heterocycles. The zero-order chi connectivity index (χ0) is 18.3. The van der Waals surface area contributed by atoms with Gasteiger partial charge >= 0.3 is 6.03 Å². The molecule has 0 saturated carbocycles. The van der Waals surface area contributed by atoms with E-state index < -0.39 is 0 Å². The predicted octanol–water partition coefficient (Wildman–Crippen LogP) is 3.13. The number of aromatic hydroxyl groups is 1. The lowest BCUT2D eigenvalue weighted by molar-refractivity contribution is 0.0724. The number of hydrogen-bond acceptors (Lipinski definition) is 3. The summed E-state index contributed by atoms with van der Waals surface area (Å²) in [6, 6.07) is 7.12. The lowest BCUT2D eigenvalue weighted by atomic mass is 9.93. The number of aryl methyl sites for hydroxylation is 1. The number of benzene rings is 1. The fourth-order valence-corrected chi connectivity index (χ4v) is 3.37. The Morgan fingerprint density at radius 3 is 2.68 bits per heavy atom. The van der Waals surface area contributed by atoms with Gasteiger partial charge in [-0.3, -0.25) is 4.90 Å². The van der Waals surface area contributed by atoms with E-state index in [1.807, 2.05) is 12.1 Å².